The maximum Gasteiger partial charge on any atom is 0.511 e. The molecular weight excluding hydrogens is 400 g/mol. The van der Waals surface area contributed by atoms with E-state index in [0.29, 0.717) is 6.42 Å². The van der Waals surface area contributed by atoms with E-state index in [4.69, 9.17) is 14.2 Å². The quantitative estimate of drug-likeness (QED) is 0.331. The van der Waals surface area contributed by atoms with Gasteiger partial charge in [-0.25, -0.2) is 4.79 Å². The van der Waals surface area contributed by atoms with Crippen molar-refractivity contribution >= 4 is 22.1 Å². The molecule has 0 aliphatic carbocycles. The molecule has 5 nitrogen and oxygen atoms in total. The average Bonchev–Trinajstić information content (AvgIpc) is 2.61. The van der Waals surface area contributed by atoms with Crippen molar-refractivity contribution in [3.8, 4) is 11.5 Å². The predicted octanol–water partition coefficient (Wildman–Crippen LogP) is 5.38. The van der Waals surface area contributed by atoms with E-state index in [1.165, 1.54) is 7.11 Å². The summed E-state index contributed by atoms with van der Waals surface area (Å²) < 4.78 is 22.2. The van der Waals surface area contributed by atoms with E-state index < -0.39 is 11.9 Å². The van der Waals surface area contributed by atoms with Gasteiger partial charge in [0.2, 0.25) is 0 Å². The number of carbonyl (C=O) groups excluding carboxylic acids is 1. The lowest BCUT2D eigenvalue weighted by atomic mass is 9.91. The van der Waals surface area contributed by atoms with Gasteiger partial charge >= 0.3 is 6.16 Å². The highest BCUT2D eigenvalue weighted by Crippen LogP contribution is 2.44. The van der Waals surface area contributed by atoms with Crippen molar-refractivity contribution in [1.82, 2.24) is 0 Å². The molecule has 0 radical (unpaired) electrons. The number of fused-ring (bicyclic) bond motifs is 1. The van der Waals surface area contributed by atoms with E-state index in [1.807, 2.05) is 13.8 Å². The maximum absolute atomic E-state index is 11.5. The Morgan fingerprint density at radius 3 is 2.54 bits per heavy atom. The molecule has 0 fully saturated rings. The smallest absolute Gasteiger partial charge is 0.493 e. The molecule has 0 bridgehead atoms. The monoisotopic (exact) mass is 428 g/mol. The Morgan fingerprint density at radius 1 is 1.15 bits per heavy atom. The van der Waals surface area contributed by atoms with Gasteiger partial charge in [-0.1, -0.05) is 15.9 Å². The van der Waals surface area contributed by atoms with Crippen LogP contribution in [-0.4, -0.2) is 31.0 Å². The van der Waals surface area contributed by atoms with Crippen LogP contribution in [-0.2, 0) is 15.9 Å². The second-order valence-electron chi connectivity index (χ2n) is 6.90. The first kappa shape index (κ1) is 20.9. The summed E-state index contributed by atoms with van der Waals surface area (Å²) in [5.41, 5.74) is 4.35. The summed E-state index contributed by atoms with van der Waals surface area (Å²) >= 11 is 3.45. The Morgan fingerprint density at radius 2 is 1.88 bits per heavy atom. The number of halogens is 1. The molecule has 0 N–H and O–H groups in total. The highest BCUT2D eigenvalue weighted by molar-refractivity contribution is 9.09. The first-order valence-electron chi connectivity index (χ1n) is 9.10. The van der Waals surface area contributed by atoms with Crippen LogP contribution < -0.4 is 9.47 Å². The van der Waals surface area contributed by atoms with E-state index in [0.717, 1.165) is 71.4 Å². The number of hydrogen-bond donors (Lipinski definition) is 0. The normalized spacial score (nSPS) is 18.7. The summed E-state index contributed by atoms with van der Waals surface area (Å²) in [7, 11) is 1.30. The second kappa shape index (κ2) is 8.98. The Hall–Kier alpha value is -1.43. The number of benzene rings is 1. The molecule has 0 unspecified atom stereocenters. The zero-order chi connectivity index (χ0) is 19.3. The third kappa shape index (κ3) is 4.64. The van der Waals surface area contributed by atoms with Crippen molar-refractivity contribution < 1.29 is 23.7 Å². The first-order valence-corrected chi connectivity index (χ1v) is 10.2. The molecule has 2 rings (SSSR count). The van der Waals surface area contributed by atoms with Crippen molar-refractivity contribution in [3.63, 3.8) is 0 Å². The van der Waals surface area contributed by atoms with Crippen LogP contribution >= 0.6 is 15.9 Å². The maximum atomic E-state index is 11.5. The molecule has 0 aromatic heterocycles. The average molecular weight is 429 g/mol. The molecule has 0 amide bonds. The fraction of sp³-hybridized carbons (Fsp3) is 0.650. The van der Waals surface area contributed by atoms with Gasteiger partial charge in [-0.05, 0) is 63.1 Å². The molecule has 0 spiro atoms. The van der Waals surface area contributed by atoms with Crippen molar-refractivity contribution in [2.45, 2.75) is 65.6 Å². The van der Waals surface area contributed by atoms with Crippen molar-refractivity contribution in [2.24, 2.45) is 0 Å². The second-order valence-corrected chi connectivity index (χ2v) is 7.69. The molecule has 1 heterocycles. The van der Waals surface area contributed by atoms with Gasteiger partial charge in [-0.15, -0.1) is 0 Å². The van der Waals surface area contributed by atoms with Crippen LogP contribution in [0.4, 0.5) is 4.79 Å². The summed E-state index contributed by atoms with van der Waals surface area (Å²) in [6, 6.07) is 0. The highest BCUT2D eigenvalue weighted by Gasteiger charge is 2.38. The fourth-order valence-corrected chi connectivity index (χ4v) is 3.66. The van der Waals surface area contributed by atoms with Crippen molar-refractivity contribution in [1.29, 1.82) is 0 Å². The topological polar surface area (TPSA) is 54.0 Å². The van der Waals surface area contributed by atoms with Crippen LogP contribution in [0.5, 0.6) is 11.5 Å². The summed E-state index contributed by atoms with van der Waals surface area (Å²) in [4.78, 5) is 11.5. The van der Waals surface area contributed by atoms with Gasteiger partial charge < -0.3 is 18.9 Å². The third-order valence-electron chi connectivity index (χ3n) is 4.95. The van der Waals surface area contributed by atoms with E-state index in [2.05, 4.69) is 27.6 Å². The lowest BCUT2D eigenvalue weighted by molar-refractivity contribution is -0.152. The van der Waals surface area contributed by atoms with Gasteiger partial charge in [0.15, 0.2) is 0 Å². The Kier molecular flexibility index (Phi) is 7.21. The summed E-state index contributed by atoms with van der Waals surface area (Å²) in [6.45, 7) is 8.64. The number of unbranched alkanes of at least 4 members (excludes halogenated alkanes) is 2. The number of alkyl halides is 1. The molecule has 146 valence electrons. The summed E-state index contributed by atoms with van der Waals surface area (Å²) in [6.07, 6.45) is 3.96. The minimum absolute atomic E-state index is 0.573. The zero-order valence-electron chi connectivity index (χ0n) is 16.4. The molecule has 1 aliphatic rings. The molecule has 6 heteroatoms. The van der Waals surface area contributed by atoms with Crippen LogP contribution in [0.2, 0.25) is 0 Å². The number of hydrogen-bond acceptors (Lipinski definition) is 5. The number of ether oxygens (including phenoxy) is 4. The SMILES string of the molecule is COC(=O)O[C@@]1(C)CCc2c(C)c(OCCCCCBr)c(C)c(C)c2O1. The molecule has 26 heavy (non-hydrogen) atoms. The standard InChI is InChI=1S/C20H29BrO5/c1-13-14(2)18-16(9-10-20(4,25-18)26-19(22)23-5)15(3)17(13)24-12-8-6-7-11-21/h6-12H2,1-5H3/t20-/m0/s1. The molecule has 1 aliphatic heterocycles. The lowest BCUT2D eigenvalue weighted by Crippen LogP contribution is -2.41. The first-order chi connectivity index (χ1) is 12.3. The Bertz CT molecular complexity index is 658. The van der Waals surface area contributed by atoms with Gasteiger partial charge in [-0.2, -0.15) is 0 Å². The fourth-order valence-electron chi connectivity index (χ4n) is 3.27. The molecule has 1 aromatic rings. The third-order valence-corrected chi connectivity index (χ3v) is 5.51. The minimum Gasteiger partial charge on any atom is -0.493 e. The van der Waals surface area contributed by atoms with E-state index >= 15 is 0 Å². The van der Waals surface area contributed by atoms with Crippen molar-refractivity contribution in [2.75, 3.05) is 19.0 Å². The Labute approximate surface area is 164 Å². The van der Waals surface area contributed by atoms with Gasteiger partial charge in [0.05, 0.1) is 13.7 Å². The molecule has 1 atom stereocenters. The van der Waals surface area contributed by atoms with Crippen LogP contribution in [0.1, 0.15) is 54.9 Å². The molecule has 0 saturated heterocycles. The minimum atomic E-state index is -1.01. The summed E-state index contributed by atoms with van der Waals surface area (Å²) in [5, 5.41) is 1.03. The largest absolute Gasteiger partial charge is 0.511 e. The summed E-state index contributed by atoms with van der Waals surface area (Å²) in [5.74, 6) is 0.743. The number of rotatable bonds is 7. The van der Waals surface area contributed by atoms with Crippen LogP contribution in [0.15, 0.2) is 0 Å². The number of methoxy groups -OCH3 is 1. The molecular formula is C20H29BrO5. The molecule has 1 aromatic carbocycles. The predicted molar refractivity (Wildman–Crippen MR) is 105 cm³/mol. The van der Waals surface area contributed by atoms with E-state index in [9.17, 15) is 4.79 Å². The van der Waals surface area contributed by atoms with Gasteiger partial charge in [0, 0.05) is 24.2 Å². The van der Waals surface area contributed by atoms with Gasteiger partial charge in [0.1, 0.15) is 11.5 Å². The van der Waals surface area contributed by atoms with Gasteiger partial charge in [-0.3, -0.25) is 0 Å². The van der Waals surface area contributed by atoms with Crippen LogP contribution in [0.3, 0.4) is 0 Å². The highest BCUT2D eigenvalue weighted by atomic mass is 79.9. The molecule has 0 saturated carbocycles. The Balaban J connectivity index is 2.21. The van der Waals surface area contributed by atoms with E-state index in [1.54, 1.807) is 6.92 Å². The number of carbonyl (C=O) groups is 1. The zero-order valence-corrected chi connectivity index (χ0v) is 18.0. The van der Waals surface area contributed by atoms with E-state index in [-0.39, 0.29) is 0 Å². The van der Waals surface area contributed by atoms with Crippen LogP contribution in [0, 0.1) is 20.8 Å². The lowest BCUT2D eigenvalue weighted by Gasteiger charge is -2.36. The van der Waals surface area contributed by atoms with Crippen LogP contribution in [0.25, 0.3) is 0 Å². The van der Waals surface area contributed by atoms with Crippen molar-refractivity contribution in [3.05, 3.63) is 22.3 Å². The van der Waals surface area contributed by atoms with Gasteiger partial charge in [0.25, 0.3) is 5.79 Å².